The summed E-state index contributed by atoms with van der Waals surface area (Å²) in [6.07, 6.45) is 6.43. The van der Waals surface area contributed by atoms with E-state index in [0.717, 1.165) is 12.8 Å². The third-order valence-corrected chi connectivity index (χ3v) is 4.29. The van der Waals surface area contributed by atoms with E-state index in [0.29, 0.717) is 30.1 Å². The molecule has 0 radical (unpaired) electrons. The molecule has 1 heterocycles. The van der Waals surface area contributed by atoms with E-state index in [1.54, 1.807) is 0 Å². The van der Waals surface area contributed by atoms with Gasteiger partial charge in [0.2, 0.25) is 0 Å². The molecule has 0 bridgehead atoms. The van der Waals surface area contributed by atoms with Gasteiger partial charge in [-0.3, -0.25) is 0 Å². The lowest BCUT2D eigenvalue weighted by molar-refractivity contribution is 0.0293. The molecule has 1 unspecified atom stereocenters. The number of carbonyl (C=O) groups is 1. The fourth-order valence-corrected chi connectivity index (χ4v) is 2.97. The van der Waals surface area contributed by atoms with E-state index in [1.165, 1.54) is 24.3 Å². The van der Waals surface area contributed by atoms with Gasteiger partial charge in [0.15, 0.2) is 11.5 Å². The van der Waals surface area contributed by atoms with Gasteiger partial charge in [-0.2, -0.15) is 0 Å². The first-order valence-electron chi connectivity index (χ1n) is 8.89. The molecule has 0 fully saturated rings. The number of aromatic hydroxyl groups is 1. The highest BCUT2D eigenvalue weighted by atomic mass is 16.5. The van der Waals surface area contributed by atoms with Gasteiger partial charge in [0.05, 0.1) is 7.11 Å². The molecular weight excluding hydrogens is 332 g/mol. The molecule has 142 valence electrons. The van der Waals surface area contributed by atoms with Crippen LogP contribution in [0.15, 0.2) is 29.4 Å². The number of phenols is 1. The summed E-state index contributed by atoms with van der Waals surface area (Å²) in [5.74, 6) is 0.240. The van der Waals surface area contributed by atoms with Gasteiger partial charge in [-0.15, -0.1) is 0 Å². The summed E-state index contributed by atoms with van der Waals surface area (Å²) in [4.78, 5) is 12.1. The van der Waals surface area contributed by atoms with Crippen molar-refractivity contribution in [2.75, 3.05) is 13.7 Å². The summed E-state index contributed by atoms with van der Waals surface area (Å²) in [6, 6.07) is 1.42. The lowest BCUT2D eigenvalue weighted by Gasteiger charge is -2.25. The molecule has 5 heteroatoms. The molecule has 5 nitrogen and oxygen atoms in total. The number of benzene rings is 1. The first-order valence-corrected chi connectivity index (χ1v) is 8.89. The van der Waals surface area contributed by atoms with E-state index in [1.807, 2.05) is 13.0 Å². The maximum absolute atomic E-state index is 12.1. The number of ether oxygens (including phenoxy) is 3. The molecule has 26 heavy (non-hydrogen) atoms. The molecule has 0 saturated heterocycles. The number of methoxy groups -OCH3 is 1. The molecule has 1 aliphatic heterocycles. The minimum Gasteiger partial charge on any atom is -0.507 e. The summed E-state index contributed by atoms with van der Waals surface area (Å²) in [5, 5.41) is 10.2. The Morgan fingerprint density at radius 1 is 1.35 bits per heavy atom. The Hall–Kier alpha value is -2.43. The van der Waals surface area contributed by atoms with Crippen LogP contribution in [0.25, 0.3) is 0 Å². The highest BCUT2D eigenvalue weighted by Crippen LogP contribution is 2.42. The van der Waals surface area contributed by atoms with Crippen LogP contribution in [-0.2, 0) is 11.2 Å². The van der Waals surface area contributed by atoms with E-state index in [4.69, 9.17) is 14.2 Å². The molecule has 0 aliphatic carbocycles. The van der Waals surface area contributed by atoms with Gasteiger partial charge < -0.3 is 19.3 Å². The second-order valence-electron chi connectivity index (χ2n) is 6.88. The molecule has 1 aromatic rings. The number of esters is 1. The molecule has 1 atom stereocenters. The van der Waals surface area contributed by atoms with Crippen molar-refractivity contribution in [2.24, 2.45) is 0 Å². The van der Waals surface area contributed by atoms with Crippen molar-refractivity contribution in [3.8, 4) is 17.2 Å². The molecule has 1 N–H and O–H groups in total. The lowest BCUT2D eigenvalue weighted by atomic mass is 9.96. The fourth-order valence-electron chi connectivity index (χ4n) is 2.97. The number of fused-ring (bicyclic) bond motifs is 1. The van der Waals surface area contributed by atoms with Crippen LogP contribution in [0, 0.1) is 0 Å². The largest absolute Gasteiger partial charge is 0.507 e. The number of hydrogen-bond acceptors (Lipinski definition) is 5. The van der Waals surface area contributed by atoms with E-state index >= 15 is 0 Å². The zero-order valence-electron chi connectivity index (χ0n) is 16.2. The number of hydrogen-bond donors (Lipinski definition) is 1. The third kappa shape index (κ3) is 4.81. The predicted molar refractivity (Wildman–Crippen MR) is 101 cm³/mol. The van der Waals surface area contributed by atoms with Crippen molar-refractivity contribution >= 4 is 5.97 Å². The van der Waals surface area contributed by atoms with E-state index in [9.17, 15) is 9.90 Å². The molecule has 0 spiro atoms. The minimum absolute atomic E-state index is 0.142. The van der Waals surface area contributed by atoms with E-state index in [-0.39, 0.29) is 17.4 Å². The maximum Gasteiger partial charge on any atom is 0.342 e. The summed E-state index contributed by atoms with van der Waals surface area (Å²) in [5.41, 5.74) is 3.35. The fraction of sp³-hybridized carbons (Fsp3) is 0.476. The predicted octanol–water partition coefficient (Wildman–Crippen LogP) is 4.57. The van der Waals surface area contributed by atoms with Crippen molar-refractivity contribution < 1.29 is 24.1 Å². The highest BCUT2D eigenvalue weighted by Gasteiger charge is 2.31. The van der Waals surface area contributed by atoms with Gasteiger partial charge in [0.25, 0.3) is 0 Å². The van der Waals surface area contributed by atoms with Crippen LogP contribution in [0.2, 0.25) is 0 Å². The topological polar surface area (TPSA) is 65.0 Å². The van der Waals surface area contributed by atoms with Gasteiger partial charge in [-0.05, 0) is 46.6 Å². The van der Waals surface area contributed by atoms with Gasteiger partial charge in [0.1, 0.15) is 24.0 Å². The summed E-state index contributed by atoms with van der Waals surface area (Å²) in [6.45, 7) is 8.43. The van der Waals surface area contributed by atoms with Crippen LogP contribution >= 0.6 is 0 Å². The minimum atomic E-state index is -0.531. The smallest absolute Gasteiger partial charge is 0.342 e. The average molecular weight is 360 g/mol. The monoisotopic (exact) mass is 360 g/mol. The molecular formula is C21H28O5. The van der Waals surface area contributed by atoms with Crippen molar-refractivity contribution in [3.63, 3.8) is 0 Å². The number of rotatable bonds is 7. The maximum atomic E-state index is 12.1. The first-order chi connectivity index (χ1) is 12.3. The number of carbonyl (C=O) groups excluding carboxylic acids is 1. The first kappa shape index (κ1) is 19.9. The Kier molecular flexibility index (Phi) is 6.72. The summed E-state index contributed by atoms with van der Waals surface area (Å²) >= 11 is 0. The van der Waals surface area contributed by atoms with Gasteiger partial charge in [0, 0.05) is 18.1 Å². The molecule has 1 aromatic carbocycles. The van der Waals surface area contributed by atoms with Crippen LogP contribution in [0.5, 0.6) is 17.2 Å². The molecule has 0 aromatic heterocycles. The second-order valence-corrected chi connectivity index (χ2v) is 6.88. The molecule has 2 rings (SSSR count). The Balaban J connectivity index is 2.15. The van der Waals surface area contributed by atoms with Crippen molar-refractivity contribution in [1.29, 1.82) is 0 Å². The number of cyclic esters (lactones) is 1. The lowest BCUT2D eigenvalue weighted by Crippen LogP contribution is -2.26. The zero-order chi connectivity index (χ0) is 19.3. The Morgan fingerprint density at radius 2 is 2.08 bits per heavy atom. The molecule has 0 amide bonds. The number of phenolic OH excluding ortho intramolecular Hbond substituents is 1. The van der Waals surface area contributed by atoms with Gasteiger partial charge in [-0.25, -0.2) is 4.79 Å². The van der Waals surface area contributed by atoms with Crippen LogP contribution in [-0.4, -0.2) is 30.9 Å². The molecule has 0 saturated carbocycles. The van der Waals surface area contributed by atoms with Crippen LogP contribution < -0.4 is 9.47 Å². The number of allylic oxidation sites excluding steroid dienone is 3. The van der Waals surface area contributed by atoms with Crippen LogP contribution in [0.1, 0.15) is 56.5 Å². The van der Waals surface area contributed by atoms with Crippen molar-refractivity contribution in [1.82, 2.24) is 0 Å². The van der Waals surface area contributed by atoms with Crippen LogP contribution in [0.4, 0.5) is 0 Å². The van der Waals surface area contributed by atoms with Crippen molar-refractivity contribution in [2.45, 2.75) is 53.1 Å². The summed E-state index contributed by atoms with van der Waals surface area (Å²) in [7, 11) is 1.53. The normalized spacial score (nSPS) is 16.6. The SMILES string of the molecule is COc1c(OC/C=C(\C)CCC=C(C)C)cc(O)c2c1CC(C)OC2=O. The standard InChI is InChI=1S/C21H28O5/c1-13(2)7-6-8-14(3)9-10-25-18-12-17(22)19-16(20(18)24-5)11-15(4)26-21(19)23/h7,9,12,15,22H,6,8,10-11H2,1-5H3/b14-9+. The highest BCUT2D eigenvalue weighted by molar-refractivity contribution is 5.96. The average Bonchev–Trinajstić information content (AvgIpc) is 2.53. The van der Waals surface area contributed by atoms with E-state index < -0.39 is 5.97 Å². The Morgan fingerprint density at radius 3 is 2.73 bits per heavy atom. The quantitative estimate of drug-likeness (QED) is 0.570. The van der Waals surface area contributed by atoms with Crippen LogP contribution in [0.3, 0.4) is 0 Å². The van der Waals surface area contributed by atoms with E-state index in [2.05, 4.69) is 26.8 Å². The third-order valence-electron chi connectivity index (χ3n) is 4.29. The Bertz CT molecular complexity index is 726. The van der Waals surface area contributed by atoms with Gasteiger partial charge in [-0.1, -0.05) is 17.2 Å². The Labute approximate surface area is 155 Å². The van der Waals surface area contributed by atoms with Gasteiger partial charge >= 0.3 is 5.97 Å². The summed E-state index contributed by atoms with van der Waals surface area (Å²) < 4.78 is 16.5. The zero-order valence-corrected chi connectivity index (χ0v) is 16.2. The molecule has 1 aliphatic rings. The second kappa shape index (κ2) is 8.79. The van der Waals surface area contributed by atoms with Crippen molar-refractivity contribution in [3.05, 3.63) is 40.5 Å².